The van der Waals surface area contributed by atoms with Crippen molar-refractivity contribution in [3.63, 3.8) is 0 Å². The van der Waals surface area contributed by atoms with Gasteiger partial charge in [0.15, 0.2) is 0 Å². The molecule has 1 aliphatic heterocycles. The second-order valence-electron chi connectivity index (χ2n) is 8.00. The molecule has 1 saturated heterocycles. The van der Waals surface area contributed by atoms with Gasteiger partial charge in [-0.25, -0.2) is 4.39 Å². The normalized spacial score (nSPS) is 16.6. The van der Waals surface area contributed by atoms with E-state index in [1.165, 1.54) is 6.07 Å². The third-order valence-electron chi connectivity index (χ3n) is 5.58. The van der Waals surface area contributed by atoms with Crippen LogP contribution in [0.15, 0.2) is 53.1 Å². The first kappa shape index (κ1) is 23.7. The van der Waals surface area contributed by atoms with Crippen molar-refractivity contribution in [1.82, 2.24) is 20.4 Å². The minimum Gasteiger partial charge on any atom is -0.355 e. The lowest BCUT2D eigenvalue weighted by Crippen LogP contribution is -2.43. The SMILES string of the molecule is O=C(NCCSCc1ccccc1F)C1CCCN(Cc2nc(-c3ccccc3Cl)no2)C1. The maximum atomic E-state index is 13.7. The minimum absolute atomic E-state index is 0.0634. The summed E-state index contributed by atoms with van der Waals surface area (Å²) in [4.78, 5) is 19.3. The van der Waals surface area contributed by atoms with Gasteiger partial charge in [0.1, 0.15) is 5.82 Å². The zero-order valence-electron chi connectivity index (χ0n) is 18.2. The highest BCUT2D eigenvalue weighted by molar-refractivity contribution is 7.98. The number of carbonyl (C=O) groups excluding carboxylic acids is 1. The molecule has 1 aliphatic rings. The molecule has 0 spiro atoms. The Morgan fingerprint density at radius 3 is 2.91 bits per heavy atom. The Hall–Kier alpha value is -2.42. The van der Waals surface area contributed by atoms with E-state index >= 15 is 0 Å². The van der Waals surface area contributed by atoms with E-state index in [2.05, 4.69) is 20.4 Å². The van der Waals surface area contributed by atoms with E-state index in [0.717, 1.165) is 30.7 Å². The van der Waals surface area contributed by atoms with Crippen molar-refractivity contribution in [2.24, 2.45) is 5.92 Å². The van der Waals surface area contributed by atoms with Crippen LogP contribution in [-0.4, -0.2) is 46.3 Å². The Labute approximate surface area is 201 Å². The van der Waals surface area contributed by atoms with Crippen LogP contribution >= 0.6 is 23.4 Å². The highest BCUT2D eigenvalue weighted by Gasteiger charge is 2.26. The Morgan fingerprint density at radius 1 is 1.24 bits per heavy atom. The first-order valence-electron chi connectivity index (χ1n) is 11.0. The molecule has 1 N–H and O–H groups in total. The Balaban J connectivity index is 1.21. The van der Waals surface area contributed by atoms with Crippen molar-refractivity contribution in [2.75, 3.05) is 25.4 Å². The number of hydrogen-bond donors (Lipinski definition) is 1. The lowest BCUT2D eigenvalue weighted by Gasteiger charge is -2.30. The van der Waals surface area contributed by atoms with Gasteiger partial charge in [0.05, 0.1) is 17.5 Å². The summed E-state index contributed by atoms with van der Waals surface area (Å²) >= 11 is 7.83. The van der Waals surface area contributed by atoms with Crippen LogP contribution in [0.4, 0.5) is 4.39 Å². The number of hydrogen-bond acceptors (Lipinski definition) is 6. The molecule has 0 radical (unpaired) electrons. The molecule has 2 heterocycles. The van der Waals surface area contributed by atoms with Crippen LogP contribution in [0.25, 0.3) is 11.4 Å². The molecule has 2 aromatic carbocycles. The zero-order valence-corrected chi connectivity index (χ0v) is 19.7. The van der Waals surface area contributed by atoms with E-state index in [4.69, 9.17) is 16.1 Å². The minimum atomic E-state index is -0.184. The van der Waals surface area contributed by atoms with Gasteiger partial charge in [-0.05, 0) is 43.1 Å². The lowest BCUT2D eigenvalue weighted by atomic mass is 9.97. The molecule has 0 aliphatic carbocycles. The smallest absolute Gasteiger partial charge is 0.241 e. The van der Waals surface area contributed by atoms with E-state index < -0.39 is 0 Å². The number of nitrogens with one attached hydrogen (secondary N) is 1. The van der Waals surface area contributed by atoms with Gasteiger partial charge in [0.2, 0.25) is 17.6 Å². The quantitative estimate of drug-likeness (QED) is 0.437. The van der Waals surface area contributed by atoms with Crippen LogP contribution in [0, 0.1) is 11.7 Å². The fraction of sp³-hybridized carbons (Fsp3) is 0.375. The highest BCUT2D eigenvalue weighted by Crippen LogP contribution is 2.25. The van der Waals surface area contributed by atoms with Crippen LogP contribution in [0.2, 0.25) is 5.02 Å². The number of rotatable bonds is 9. The van der Waals surface area contributed by atoms with Crippen LogP contribution < -0.4 is 5.32 Å². The van der Waals surface area contributed by atoms with Gasteiger partial charge in [-0.3, -0.25) is 9.69 Å². The molecule has 0 bridgehead atoms. The second-order valence-corrected chi connectivity index (χ2v) is 9.51. The van der Waals surface area contributed by atoms with E-state index in [1.54, 1.807) is 30.0 Å². The van der Waals surface area contributed by atoms with Gasteiger partial charge in [0.25, 0.3) is 0 Å². The largest absolute Gasteiger partial charge is 0.355 e. The molecule has 1 unspecified atom stereocenters. The van der Waals surface area contributed by atoms with Crippen molar-refractivity contribution in [3.05, 3.63) is 70.8 Å². The van der Waals surface area contributed by atoms with Crippen molar-refractivity contribution in [3.8, 4) is 11.4 Å². The van der Waals surface area contributed by atoms with Gasteiger partial charge in [0, 0.05) is 30.2 Å². The predicted octanol–water partition coefficient (Wildman–Crippen LogP) is 4.79. The summed E-state index contributed by atoms with van der Waals surface area (Å²) in [6, 6.07) is 14.2. The molecule has 1 atom stereocenters. The van der Waals surface area contributed by atoms with Gasteiger partial charge < -0.3 is 9.84 Å². The number of benzene rings is 2. The summed E-state index contributed by atoms with van der Waals surface area (Å²) in [7, 11) is 0. The van der Waals surface area contributed by atoms with E-state index in [0.29, 0.717) is 47.7 Å². The third kappa shape index (κ3) is 6.56. The standard InChI is InChI=1S/C24H26ClFN4O2S/c25-20-9-3-2-8-19(20)23-28-22(32-29-23)15-30-12-5-7-17(14-30)24(31)27-11-13-33-16-18-6-1-4-10-21(18)26/h1-4,6,8-10,17H,5,7,11-16H2,(H,27,31). The van der Waals surface area contributed by atoms with Gasteiger partial charge >= 0.3 is 0 Å². The number of nitrogens with zero attached hydrogens (tertiary/aromatic N) is 3. The summed E-state index contributed by atoms with van der Waals surface area (Å²) in [5.41, 5.74) is 1.42. The summed E-state index contributed by atoms with van der Waals surface area (Å²) in [5.74, 6) is 2.13. The molecular weight excluding hydrogens is 463 g/mol. The van der Waals surface area contributed by atoms with Crippen molar-refractivity contribution < 1.29 is 13.7 Å². The van der Waals surface area contributed by atoms with Gasteiger partial charge in [-0.15, -0.1) is 0 Å². The van der Waals surface area contributed by atoms with E-state index in [9.17, 15) is 9.18 Å². The number of thioether (sulfide) groups is 1. The van der Waals surface area contributed by atoms with Gasteiger partial charge in [-0.2, -0.15) is 16.7 Å². The fourth-order valence-electron chi connectivity index (χ4n) is 3.86. The number of aromatic nitrogens is 2. The maximum absolute atomic E-state index is 13.7. The molecule has 4 rings (SSSR count). The third-order valence-corrected chi connectivity index (χ3v) is 6.92. The molecule has 1 fully saturated rings. The van der Waals surface area contributed by atoms with Gasteiger partial charge in [-0.1, -0.05) is 47.1 Å². The number of likely N-dealkylation sites (tertiary alicyclic amines) is 1. The zero-order chi connectivity index (χ0) is 23.0. The average molecular weight is 489 g/mol. The molecule has 9 heteroatoms. The van der Waals surface area contributed by atoms with Crippen molar-refractivity contribution in [1.29, 1.82) is 0 Å². The number of amides is 1. The number of carbonyl (C=O) groups is 1. The molecule has 1 amide bonds. The van der Waals surface area contributed by atoms with E-state index in [1.807, 2.05) is 24.3 Å². The predicted molar refractivity (Wildman–Crippen MR) is 128 cm³/mol. The summed E-state index contributed by atoms with van der Waals surface area (Å²) in [6.07, 6.45) is 1.80. The van der Waals surface area contributed by atoms with Crippen LogP contribution in [-0.2, 0) is 17.1 Å². The Bertz CT molecular complexity index is 1080. The molecule has 1 aromatic heterocycles. The van der Waals surface area contributed by atoms with Crippen LogP contribution in [0.3, 0.4) is 0 Å². The topological polar surface area (TPSA) is 71.3 Å². The van der Waals surface area contributed by atoms with Crippen molar-refractivity contribution >= 4 is 29.3 Å². The molecule has 6 nitrogen and oxygen atoms in total. The highest BCUT2D eigenvalue weighted by atomic mass is 35.5. The Kier molecular flexibility index (Phi) is 8.36. The van der Waals surface area contributed by atoms with E-state index in [-0.39, 0.29) is 17.6 Å². The molecule has 174 valence electrons. The first-order valence-corrected chi connectivity index (χ1v) is 12.5. The number of halogens is 2. The van der Waals surface area contributed by atoms with Crippen LogP contribution in [0.5, 0.6) is 0 Å². The first-order chi connectivity index (χ1) is 16.1. The molecule has 3 aromatic rings. The summed E-state index contributed by atoms with van der Waals surface area (Å²) in [6.45, 7) is 2.60. The number of piperidine rings is 1. The Morgan fingerprint density at radius 2 is 2.06 bits per heavy atom. The lowest BCUT2D eigenvalue weighted by molar-refractivity contribution is -0.126. The maximum Gasteiger partial charge on any atom is 0.241 e. The molecule has 0 saturated carbocycles. The monoisotopic (exact) mass is 488 g/mol. The molecule has 33 heavy (non-hydrogen) atoms. The second kappa shape index (κ2) is 11.6. The average Bonchev–Trinajstić information content (AvgIpc) is 3.28. The summed E-state index contributed by atoms with van der Waals surface area (Å²) in [5, 5.41) is 7.65. The fourth-order valence-corrected chi connectivity index (χ4v) is 4.93. The summed E-state index contributed by atoms with van der Waals surface area (Å²) < 4.78 is 19.1. The van der Waals surface area contributed by atoms with Crippen LogP contribution in [0.1, 0.15) is 24.3 Å². The molecular formula is C24H26ClFN4O2S. The van der Waals surface area contributed by atoms with Crippen molar-refractivity contribution in [2.45, 2.75) is 25.1 Å².